The third-order valence-electron chi connectivity index (χ3n) is 3.44. The van der Waals surface area contributed by atoms with Crippen LogP contribution in [-0.2, 0) is 11.3 Å². The Balaban J connectivity index is 2.20. The van der Waals surface area contributed by atoms with Crippen molar-refractivity contribution in [3.63, 3.8) is 0 Å². The third-order valence-corrected chi connectivity index (χ3v) is 4.89. The van der Waals surface area contributed by atoms with Crippen LogP contribution in [0.3, 0.4) is 0 Å². The lowest BCUT2D eigenvalue weighted by molar-refractivity contribution is 0.0525. The highest BCUT2D eigenvalue weighted by atomic mass is 35.5. The summed E-state index contributed by atoms with van der Waals surface area (Å²) in [7, 11) is 0. The average Bonchev–Trinajstić information content (AvgIpc) is 2.63. The molecule has 9 heteroatoms. The number of thioether (sulfide) groups is 1. The number of anilines is 1. The van der Waals surface area contributed by atoms with Gasteiger partial charge in [-0.15, -0.1) is 0 Å². The fraction of sp³-hybridized carbons (Fsp3) is 0.278. The van der Waals surface area contributed by atoms with E-state index in [1.807, 2.05) is 0 Å². The zero-order valence-electron chi connectivity index (χ0n) is 14.1. The number of hydrogen-bond donors (Lipinski definition) is 1. The summed E-state index contributed by atoms with van der Waals surface area (Å²) in [4.78, 5) is 11.9. The molecule has 0 aliphatic rings. The summed E-state index contributed by atoms with van der Waals surface area (Å²) in [5.74, 6) is -1.25. The number of benzene rings is 2. The first-order chi connectivity index (χ1) is 12.8. The Morgan fingerprint density at radius 2 is 1.96 bits per heavy atom. The molecule has 0 amide bonds. The summed E-state index contributed by atoms with van der Waals surface area (Å²) < 4.78 is 57.2. The molecule has 2 aromatic rings. The van der Waals surface area contributed by atoms with Gasteiger partial charge in [-0.2, -0.15) is 0 Å². The molecule has 0 saturated carbocycles. The van der Waals surface area contributed by atoms with Crippen molar-refractivity contribution in [3.05, 3.63) is 58.4 Å². The van der Waals surface area contributed by atoms with Crippen LogP contribution in [0.25, 0.3) is 0 Å². The molecule has 1 atom stereocenters. The van der Waals surface area contributed by atoms with Gasteiger partial charge in [0.25, 0.3) is 6.43 Å². The lowest BCUT2D eigenvalue weighted by Gasteiger charge is -2.14. The molecular weight excluding hydrogens is 406 g/mol. The molecule has 0 saturated heterocycles. The highest BCUT2D eigenvalue weighted by Gasteiger charge is 2.22. The van der Waals surface area contributed by atoms with Gasteiger partial charge in [0.2, 0.25) is 5.50 Å². The maximum atomic E-state index is 14.1. The molecule has 1 N–H and O–H groups in total. The van der Waals surface area contributed by atoms with Gasteiger partial charge in [0.15, 0.2) is 0 Å². The molecule has 0 fully saturated rings. The van der Waals surface area contributed by atoms with Gasteiger partial charge < -0.3 is 10.1 Å². The van der Waals surface area contributed by atoms with Gasteiger partial charge in [-0.05, 0) is 30.7 Å². The zero-order chi connectivity index (χ0) is 20.0. The fourth-order valence-corrected chi connectivity index (χ4v) is 3.19. The maximum absolute atomic E-state index is 14.1. The van der Waals surface area contributed by atoms with Crippen LogP contribution in [0.15, 0.2) is 41.3 Å². The quantitative estimate of drug-likeness (QED) is 0.326. The molecule has 0 aliphatic heterocycles. The lowest BCUT2D eigenvalue weighted by atomic mass is 10.1. The van der Waals surface area contributed by atoms with Crippen LogP contribution in [0.5, 0.6) is 0 Å². The van der Waals surface area contributed by atoms with Crippen LogP contribution in [0, 0.1) is 5.82 Å². The molecule has 0 heterocycles. The summed E-state index contributed by atoms with van der Waals surface area (Å²) in [5.41, 5.74) is -1.67. The molecule has 146 valence electrons. The maximum Gasteiger partial charge on any atom is 0.338 e. The SMILES string of the molecule is CCOC(=O)c1ccccc1CNc1cc(SC(F)C(F)F)c(Cl)cc1F. The van der Waals surface area contributed by atoms with Gasteiger partial charge in [0, 0.05) is 11.4 Å². The van der Waals surface area contributed by atoms with Crippen molar-refractivity contribution in [2.24, 2.45) is 0 Å². The Morgan fingerprint density at radius 1 is 1.26 bits per heavy atom. The van der Waals surface area contributed by atoms with E-state index in [0.29, 0.717) is 11.1 Å². The van der Waals surface area contributed by atoms with Crippen molar-refractivity contribution in [2.45, 2.75) is 30.3 Å². The molecule has 1 unspecified atom stereocenters. The molecule has 2 rings (SSSR count). The van der Waals surface area contributed by atoms with Gasteiger partial charge in [0.05, 0.1) is 22.9 Å². The second-order valence-electron chi connectivity index (χ2n) is 5.30. The Morgan fingerprint density at radius 3 is 2.63 bits per heavy atom. The second-order valence-corrected chi connectivity index (χ2v) is 6.83. The first-order valence-corrected chi connectivity index (χ1v) is 9.16. The molecular formula is C18H16ClF4NO2S. The topological polar surface area (TPSA) is 38.3 Å². The van der Waals surface area contributed by atoms with E-state index in [9.17, 15) is 22.4 Å². The Labute approximate surface area is 163 Å². The van der Waals surface area contributed by atoms with Crippen LogP contribution in [0.1, 0.15) is 22.8 Å². The third kappa shape index (κ3) is 5.77. The summed E-state index contributed by atoms with van der Waals surface area (Å²) in [6.45, 7) is 1.95. The normalized spacial score (nSPS) is 12.1. The van der Waals surface area contributed by atoms with Crippen LogP contribution in [-0.4, -0.2) is 24.5 Å². The Hall–Kier alpha value is -1.93. The fourth-order valence-electron chi connectivity index (χ4n) is 2.20. The molecule has 27 heavy (non-hydrogen) atoms. The summed E-state index contributed by atoms with van der Waals surface area (Å²) >= 11 is 6.02. The standard InChI is InChI=1S/C18H16ClF4NO2S/c1-2-26-18(25)11-6-4-3-5-10(11)9-24-14-8-15(12(19)7-13(14)20)27-17(23)16(21)22/h3-8,16-17,24H,2,9H2,1H3. The van der Waals surface area contributed by atoms with Crippen LogP contribution in [0.4, 0.5) is 23.2 Å². The largest absolute Gasteiger partial charge is 0.462 e. The van der Waals surface area contributed by atoms with Crippen molar-refractivity contribution < 1.29 is 27.1 Å². The van der Waals surface area contributed by atoms with Gasteiger partial charge >= 0.3 is 5.97 Å². The van der Waals surface area contributed by atoms with Crippen molar-refractivity contribution >= 4 is 35.0 Å². The van der Waals surface area contributed by atoms with Gasteiger partial charge in [0.1, 0.15) is 5.82 Å². The molecule has 3 nitrogen and oxygen atoms in total. The highest BCUT2D eigenvalue weighted by Crippen LogP contribution is 2.36. The number of halogens is 5. The number of esters is 1. The summed E-state index contributed by atoms with van der Waals surface area (Å²) in [5, 5.41) is 2.60. The van der Waals surface area contributed by atoms with E-state index in [-0.39, 0.29) is 40.5 Å². The van der Waals surface area contributed by atoms with Crippen molar-refractivity contribution in [2.75, 3.05) is 11.9 Å². The Kier molecular flexibility index (Phi) is 7.79. The molecule has 0 radical (unpaired) electrons. The van der Waals surface area contributed by atoms with Crippen LogP contribution in [0.2, 0.25) is 5.02 Å². The van der Waals surface area contributed by atoms with Gasteiger partial charge in [-0.3, -0.25) is 0 Å². The molecule has 0 aliphatic carbocycles. The van der Waals surface area contributed by atoms with E-state index >= 15 is 0 Å². The number of ether oxygens (including phenoxy) is 1. The number of nitrogens with one attached hydrogen (secondary N) is 1. The van der Waals surface area contributed by atoms with Crippen molar-refractivity contribution in [1.29, 1.82) is 0 Å². The predicted octanol–water partition coefficient (Wildman–Crippen LogP) is 5.92. The second kappa shape index (κ2) is 9.85. The van der Waals surface area contributed by atoms with Crippen molar-refractivity contribution in [3.8, 4) is 0 Å². The smallest absolute Gasteiger partial charge is 0.338 e. The van der Waals surface area contributed by atoms with Crippen LogP contribution >= 0.6 is 23.4 Å². The predicted molar refractivity (Wildman–Crippen MR) is 97.9 cm³/mol. The summed E-state index contributed by atoms with van der Waals surface area (Å²) in [6, 6.07) is 8.68. The van der Waals surface area contributed by atoms with E-state index in [4.69, 9.17) is 16.3 Å². The van der Waals surface area contributed by atoms with E-state index in [1.165, 1.54) is 0 Å². The minimum Gasteiger partial charge on any atom is -0.462 e. The minimum absolute atomic E-state index is 0.0213. The molecule has 0 aromatic heterocycles. The Bertz CT molecular complexity index is 807. The molecule has 0 bridgehead atoms. The van der Waals surface area contributed by atoms with Gasteiger partial charge in [-0.25, -0.2) is 22.4 Å². The average molecular weight is 422 g/mol. The number of carbonyl (C=O) groups is 1. The number of hydrogen-bond acceptors (Lipinski definition) is 4. The number of alkyl halides is 3. The summed E-state index contributed by atoms with van der Waals surface area (Å²) in [6.07, 6.45) is -3.19. The van der Waals surface area contributed by atoms with E-state index in [1.54, 1.807) is 31.2 Å². The molecule has 0 spiro atoms. The first kappa shape index (κ1) is 21.4. The van der Waals surface area contributed by atoms with Crippen molar-refractivity contribution in [1.82, 2.24) is 0 Å². The first-order valence-electron chi connectivity index (χ1n) is 7.90. The van der Waals surface area contributed by atoms with E-state index in [2.05, 4.69) is 5.32 Å². The van der Waals surface area contributed by atoms with E-state index in [0.717, 1.165) is 12.1 Å². The van der Waals surface area contributed by atoms with E-state index < -0.39 is 23.7 Å². The van der Waals surface area contributed by atoms with Gasteiger partial charge in [-0.1, -0.05) is 41.6 Å². The minimum atomic E-state index is -3.19. The number of rotatable bonds is 8. The number of carbonyl (C=O) groups excluding carboxylic acids is 1. The van der Waals surface area contributed by atoms with Crippen LogP contribution < -0.4 is 5.32 Å². The lowest BCUT2D eigenvalue weighted by Crippen LogP contribution is -2.11. The highest BCUT2D eigenvalue weighted by molar-refractivity contribution is 8.00. The monoisotopic (exact) mass is 421 g/mol. The molecule has 2 aromatic carbocycles. The zero-order valence-corrected chi connectivity index (χ0v) is 15.7.